The number of aryl methyl sites for hydroxylation is 1. The molecule has 0 aliphatic carbocycles. The van der Waals surface area contributed by atoms with Crippen molar-refractivity contribution in [3.8, 4) is 17.2 Å². The molecule has 0 atom stereocenters. The zero-order valence-corrected chi connectivity index (χ0v) is 16.6. The number of carbonyl (C=O) groups is 1. The third-order valence-electron chi connectivity index (χ3n) is 3.50. The third kappa shape index (κ3) is 5.36. The highest BCUT2D eigenvalue weighted by Gasteiger charge is 2.18. The number of carbonyl (C=O) groups excluding carboxylic acids is 1. The average Bonchev–Trinajstić information content (AvgIpc) is 3.03. The van der Waals surface area contributed by atoms with E-state index in [-0.39, 0.29) is 5.91 Å². The summed E-state index contributed by atoms with van der Waals surface area (Å²) < 4.78 is 17.0. The molecule has 1 aromatic heterocycles. The van der Waals surface area contributed by atoms with E-state index in [1.54, 1.807) is 23.5 Å². The lowest BCUT2D eigenvalue weighted by Crippen LogP contribution is -2.26. The smallest absolute Gasteiger partial charge is 0.251 e. The van der Waals surface area contributed by atoms with Crippen LogP contribution in [0.15, 0.2) is 17.5 Å². The molecular formula is C19H26N2O4S. The second kappa shape index (κ2) is 10.0. The first-order chi connectivity index (χ1) is 12.6. The number of nitrogens with one attached hydrogen (secondary N) is 1. The van der Waals surface area contributed by atoms with Crippen LogP contribution in [0.2, 0.25) is 0 Å². The minimum absolute atomic E-state index is 0.179. The van der Waals surface area contributed by atoms with Crippen LogP contribution in [-0.4, -0.2) is 37.3 Å². The summed E-state index contributed by atoms with van der Waals surface area (Å²) in [5.41, 5.74) is 1.47. The number of hydrogen-bond donors (Lipinski definition) is 1. The minimum atomic E-state index is -0.179. The van der Waals surface area contributed by atoms with Crippen molar-refractivity contribution >= 4 is 17.2 Å². The Morgan fingerprint density at radius 2 is 1.69 bits per heavy atom. The largest absolute Gasteiger partial charge is 0.490 e. The van der Waals surface area contributed by atoms with Crippen molar-refractivity contribution in [2.24, 2.45) is 0 Å². The van der Waals surface area contributed by atoms with Gasteiger partial charge in [0.15, 0.2) is 11.5 Å². The maximum Gasteiger partial charge on any atom is 0.251 e. The standard InChI is InChI=1S/C19H26N2O4S/c1-5-23-16-10-14(11-17(24-6-2)18(16)25-7-3)19(22)20-9-8-15-12-26-13(4)21-15/h10-12H,5-9H2,1-4H3,(H,20,22). The van der Waals surface area contributed by atoms with E-state index in [1.807, 2.05) is 33.1 Å². The van der Waals surface area contributed by atoms with E-state index >= 15 is 0 Å². The normalized spacial score (nSPS) is 10.5. The van der Waals surface area contributed by atoms with Crippen LogP contribution in [0.3, 0.4) is 0 Å². The summed E-state index contributed by atoms with van der Waals surface area (Å²) in [6.45, 7) is 9.59. The molecule has 142 valence electrons. The quantitative estimate of drug-likeness (QED) is 0.684. The van der Waals surface area contributed by atoms with Gasteiger partial charge < -0.3 is 19.5 Å². The van der Waals surface area contributed by atoms with E-state index in [2.05, 4.69) is 10.3 Å². The van der Waals surface area contributed by atoms with Crippen LogP contribution in [0.4, 0.5) is 0 Å². The number of nitrogens with zero attached hydrogens (tertiary/aromatic N) is 1. The van der Waals surface area contributed by atoms with E-state index in [4.69, 9.17) is 14.2 Å². The van der Waals surface area contributed by atoms with Gasteiger partial charge in [-0.1, -0.05) is 0 Å². The molecule has 0 bridgehead atoms. The van der Waals surface area contributed by atoms with Crippen molar-refractivity contribution in [1.82, 2.24) is 10.3 Å². The topological polar surface area (TPSA) is 69.7 Å². The SMILES string of the molecule is CCOc1cc(C(=O)NCCc2csc(C)n2)cc(OCC)c1OCC. The highest BCUT2D eigenvalue weighted by atomic mass is 32.1. The summed E-state index contributed by atoms with van der Waals surface area (Å²) in [5.74, 6) is 1.38. The Morgan fingerprint density at radius 1 is 1.08 bits per heavy atom. The summed E-state index contributed by atoms with van der Waals surface area (Å²) in [5, 5.41) is 5.96. The van der Waals surface area contributed by atoms with Gasteiger partial charge in [0.25, 0.3) is 5.91 Å². The second-order valence-corrected chi connectivity index (χ2v) is 6.53. The monoisotopic (exact) mass is 378 g/mol. The zero-order chi connectivity index (χ0) is 18.9. The number of thiazole rings is 1. The van der Waals surface area contributed by atoms with Crippen LogP contribution >= 0.6 is 11.3 Å². The van der Waals surface area contributed by atoms with Gasteiger partial charge >= 0.3 is 0 Å². The lowest BCUT2D eigenvalue weighted by Gasteiger charge is -2.17. The summed E-state index contributed by atoms with van der Waals surface area (Å²) in [6.07, 6.45) is 0.698. The molecule has 0 saturated carbocycles. The van der Waals surface area contributed by atoms with Crippen molar-refractivity contribution in [3.63, 3.8) is 0 Å². The molecule has 0 unspecified atom stereocenters. The maximum absolute atomic E-state index is 12.5. The number of ether oxygens (including phenoxy) is 3. The van der Waals surface area contributed by atoms with Crippen molar-refractivity contribution < 1.29 is 19.0 Å². The van der Waals surface area contributed by atoms with Gasteiger partial charge in [-0.3, -0.25) is 4.79 Å². The molecule has 2 aromatic rings. The lowest BCUT2D eigenvalue weighted by molar-refractivity contribution is 0.0953. The molecule has 0 fully saturated rings. The molecule has 0 aliphatic heterocycles. The van der Waals surface area contributed by atoms with Gasteiger partial charge in [-0.2, -0.15) is 0 Å². The van der Waals surface area contributed by atoms with Crippen LogP contribution in [0.25, 0.3) is 0 Å². The number of rotatable bonds is 10. The van der Waals surface area contributed by atoms with Crippen LogP contribution in [-0.2, 0) is 6.42 Å². The van der Waals surface area contributed by atoms with E-state index < -0.39 is 0 Å². The summed E-state index contributed by atoms with van der Waals surface area (Å²) in [7, 11) is 0. The first-order valence-electron chi connectivity index (χ1n) is 8.84. The first-order valence-corrected chi connectivity index (χ1v) is 9.72. The number of amides is 1. The average molecular weight is 378 g/mol. The molecule has 1 N–H and O–H groups in total. The van der Waals surface area contributed by atoms with Crippen molar-refractivity contribution in [2.75, 3.05) is 26.4 Å². The lowest BCUT2D eigenvalue weighted by atomic mass is 10.1. The summed E-state index contributed by atoms with van der Waals surface area (Å²) >= 11 is 1.61. The molecule has 0 spiro atoms. The molecule has 1 aromatic carbocycles. The summed E-state index contributed by atoms with van der Waals surface area (Å²) in [4.78, 5) is 16.9. The van der Waals surface area contributed by atoms with E-state index in [0.717, 1.165) is 10.7 Å². The van der Waals surface area contributed by atoms with Gasteiger partial charge in [0.1, 0.15) is 0 Å². The molecule has 7 heteroatoms. The Labute approximate surface area is 158 Å². The number of benzene rings is 1. The highest BCUT2D eigenvalue weighted by Crippen LogP contribution is 2.39. The fourth-order valence-electron chi connectivity index (χ4n) is 2.45. The van der Waals surface area contributed by atoms with E-state index in [1.165, 1.54) is 0 Å². The van der Waals surface area contributed by atoms with Gasteiger partial charge in [-0.15, -0.1) is 11.3 Å². The molecule has 1 amide bonds. The van der Waals surface area contributed by atoms with Crippen LogP contribution in [0.5, 0.6) is 17.2 Å². The highest BCUT2D eigenvalue weighted by molar-refractivity contribution is 7.09. The molecule has 2 rings (SSSR count). The molecule has 0 saturated heterocycles. The first kappa shape index (κ1) is 20.0. The zero-order valence-electron chi connectivity index (χ0n) is 15.8. The molecule has 0 radical (unpaired) electrons. The Bertz CT molecular complexity index is 703. The molecule has 26 heavy (non-hydrogen) atoms. The van der Waals surface area contributed by atoms with Gasteiger partial charge in [0.05, 0.1) is 30.5 Å². The van der Waals surface area contributed by atoms with Crippen LogP contribution < -0.4 is 19.5 Å². The minimum Gasteiger partial charge on any atom is -0.490 e. The van der Waals surface area contributed by atoms with E-state index in [0.29, 0.717) is 55.6 Å². The molecule has 6 nitrogen and oxygen atoms in total. The van der Waals surface area contributed by atoms with Crippen molar-refractivity contribution in [1.29, 1.82) is 0 Å². The fourth-order valence-corrected chi connectivity index (χ4v) is 3.10. The fraction of sp³-hybridized carbons (Fsp3) is 0.474. The van der Waals surface area contributed by atoms with Crippen molar-refractivity contribution in [3.05, 3.63) is 33.8 Å². The molecular weight excluding hydrogens is 352 g/mol. The Kier molecular flexibility index (Phi) is 7.72. The van der Waals surface area contributed by atoms with Crippen LogP contribution in [0, 0.1) is 6.92 Å². The molecule has 0 aliphatic rings. The number of hydrogen-bond acceptors (Lipinski definition) is 6. The maximum atomic E-state index is 12.5. The van der Waals surface area contributed by atoms with Gasteiger partial charge in [-0.05, 0) is 39.8 Å². The van der Waals surface area contributed by atoms with Crippen molar-refractivity contribution in [2.45, 2.75) is 34.1 Å². The Hall–Kier alpha value is -2.28. The predicted molar refractivity (Wildman–Crippen MR) is 103 cm³/mol. The summed E-state index contributed by atoms with van der Waals surface area (Å²) in [6, 6.07) is 3.39. The number of aromatic nitrogens is 1. The third-order valence-corrected chi connectivity index (χ3v) is 4.33. The molecule has 1 heterocycles. The Balaban J connectivity index is 2.13. The Morgan fingerprint density at radius 3 is 2.19 bits per heavy atom. The van der Waals surface area contributed by atoms with Gasteiger partial charge in [0.2, 0.25) is 5.75 Å². The van der Waals surface area contributed by atoms with Crippen LogP contribution in [0.1, 0.15) is 41.8 Å². The van der Waals surface area contributed by atoms with Gasteiger partial charge in [-0.25, -0.2) is 4.98 Å². The second-order valence-electron chi connectivity index (χ2n) is 5.46. The van der Waals surface area contributed by atoms with Gasteiger partial charge in [0, 0.05) is 23.9 Å². The predicted octanol–water partition coefficient (Wildman–Crippen LogP) is 3.62. The van der Waals surface area contributed by atoms with E-state index in [9.17, 15) is 4.79 Å².